The zero-order valence-corrected chi connectivity index (χ0v) is 29.3. The smallest absolute Gasteiger partial charge is 0.203 e. The standard InChI is InChI=1S/C33H36Cl2N6O4S2/c1-44-29-9-3-25(4-10-29)21-39(23-27-7-13-31(34)36-19-27)15-17-46-33(38-41(42)43)47-18-16-40(24-28-8-14-32(35)37-20-28)22-26-5-11-30(45-2)12-6-26/h3-14,19-20H,15-18,21-24H2,1-2H3. The number of thioether (sulfide) groups is 2. The predicted octanol–water partition coefficient (Wildman–Crippen LogP) is 7.52. The molecule has 4 aromatic rings. The van der Waals surface area contributed by atoms with Crippen LogP contribution in [-0.2, 0) is 26.2 Å². The molecule has 0 amide bonds. The maximum atomic E-state index is 11.4. The van der Waals surface area contributed by atoms with Crippen molar-refractivity contribution in [3.8, 4) is 11.5 Å². The number of pyridine rings is 2. The summed E-state index contributed by atoms with van der Waals surface area (Å²) in [5, 5.41) is 15.4. The average Bonchev–Trinajstić information content (AvgIpc) is 3.07. The molecule has 0 unspecified atom stereocenters. The van der Waals surface area contributed by atoms with Crippen LogP contribution >= 0.6 is 46.7 Å². The lowest BCUT2D eigenvalue weighted by molar-refractivity contribution is -0.484. The lowest BCUT2D eigenvalue weighted by atomic mass is 10.2. The molecule has 2 heterocycles. The minimum atomic E-state index is -0.627. The van der Waals surface area contributed by atoms with Gasteiger partial charge in [-0.05, 0) is 58.7 Å². The van der Waals surface area contributed by atoms with Crippen LogP contribution in [0.25, 0.3) is 0 Å². The van der Waals surface area contributed by atoms with Gasteiger partial charge in [-0.2, -0.15) is 0 Å². The molecule has 0 aliphatic heterocycles. The number of hydrogen-bond donors (Lipinski definition) is 0. The maximum Gasteiger partial charge on any atom is 0.203 e. The molecular formula is C33H36Cl2N6O4S2. The third kappa shape index (κ3) is 13.3. The highest BCUT2D eigenvalue weighted by Gasteiger charge is 2.14. The van der Waals surface area contributed by atoms with Gasteiger partial charge in [0.25, 0.3) is 0 Å². The van der Waals surface area contributed by atoms with E-state index in [1.165, 1.54) is 23.5 Å². The van der Waals surface area contributed by atoms with Gasteiger partial charge in [-0.15, -0.1) is 0 Å². The van der Waals surface area contributed by atoms with Crippen molar-refractivity contribution in [3.63, 3.8) is 0 Å². The molecule has 0 N–H and O–H groups in total. The SMILES string of the molecule is COc1ccc(CN(CCSC(=N[N+](=O)[O-])SCCN(Cc2ccc(OC)cc2)Cc2ccc(Cl)nc2)Cc2ccc(Cl)nc2)cc1. The van der Waals surface area contributed by atoms with Crippen LogP contribution in [0.2, 0.25) is 10.3 Å². The fourth-order valence-electron chi connectivity index (χ4n) is 4.61. The summed E-state index contributed by atoms with van der Waals surface area (Å²) in [7, 11) is 3.29. The quantitative estimate of drug-likeness (QED) is 0.0358. The second-order valence-corrected chi connectivity index (χ2v) is 13.6. The van der Waals surface area contributed by atoms with Crippen LogP contribution in [0.5, 0.6) is 11.5 Å². The van der Waals surface area contributed by atoms with Crippen LogP contribution in [0.3, 0.4) is 0 Å². The van der Waals surface area contributed by atoms with Crippen LogP contribution in [0.1, 0.15) is 22.3 Å². The topological polar surface area (TPSA) is 106 Å². The molecule has 10 nitrogen and oxygen atoms in total. The fourth-order valence-corrected chi connectivity index (χ4v) is 6.97. The van der Waals surface area contributed by atoms with Gasteiger partial charge >= 0.3 is 0 Å². The number of nitrogens with zero attached hydrogens (tertiary/aromatic N) is 6. The second-order valence-electron chi connectivity index (χ2n) is 10.4. The maximum absolute atomic E-state index is 11.4. The minimum Gasteiger partial charge on any atom is -0.497 e. The number of benzene rings is 2. The second kappa shape index (κ2) is 19.4. The normalized spacial score (nSPS) is 11.1. The Morgan fingerprint density at radius 3 is 1.43 bits per heavy atom. The molecule has 2 aromatic heterocycles. The van der Waals surface area contributed by atoms with Gasteiger partial charge in [0.1, 0.15) is 21.8 Å². The van der Waals surface area contributed by atoms with Crippen LogP contribution in [-0.4, -0.2) is 68.0 Å². The Kier molecular flexibility index (Phi) is 15.1. The highest BCUT2D eigenvalue weighted by molar-refractivity contribution is 8.38. The van der Waals surface area contributed by atoms with Crippen molar-refractivity contribution in [3.05, 3.63) is 128 Å². The Bertz CT molecular complexity index is 1460. The number of hydrazone groups is 1. The average molecular weight is 716 g/mol. The van der Waals surface area contributed by atoms with Crippen molar-refractivity contribution in [1.82, 2.24) is 19.8 Å². The van der Waals surface area contributed by atoms with Gasteiger partial charge in [-0.3, -0.25) is 9.80 Å². The summed E-state index contributed by atoms with van der Waals surface area (Å²) in [5.41, 5.74) is 4.29. The van der Waals surface area contributed by atoms with Gasteiger partial charge in [0.05, 0.1) is 19.3 Å². The van der Waals surface area contributed by atoms with Crippen LogP contribution in [0.15, 0.2) is 90.3 Å². The lowest BCUT2D eigenvalue weighted by Crippen LogP contribution is -2.26. The number of rotatable bonds is 17. The van der Waals surface area contributed by atoms with Gasteiger partial charge in [0, 0.05) is 63.2 Å². The van der Waals surface area contributed by atoms with E-state index >= 15 is 0 Å². The van der Waals surface area contributed by atoms with Gasteiger partial charge < -0.3 is 9.47 Å². The molecule has 0 spiro atoms. The summed E-state index contributed by atoms with van der Waals surface area (Å²) in [6, 6.07) is 23.3. The Balaban J connectivity index is 1.37. The van der Waals surface area contributed by atoms with Gasteiger partial charge in [0.15, 0.2) is 5.03 Å². The van der Waals surface area contributed by atoms with E-state index in [0.29, 0.717) is 65.5 Å². The first-order valence-electron chi connectivity index (χ1n) is 14.7. The Hall–Kier alpha value is -3.39. The van der Waals surface area contributed by atoms with E-state index in [0.717, 1.165) is 33.8 Å². The highest BCUT2D eigenvalue weighted by atomic mass is 35.5. The molecule has 0 bridgehead atoms. The largest absolute Gasteiger partial charge is 0.497 e. The molecule has 0 radical (unpaired) electrons. The summed E-state index contributed by atoms with van der Waals surface area (Å²) in [5.74, 6) is 2.82. The molecule has 0 saturated heterocycles. The molecule has 4 rings (SSSR count). The molecule has 47 heavy (non-hydrogen) atoms. The molecule has 2 aromatic carbocycles. The highest BCUT2D eigenvalue weighted by Crippen LogP contribution is 2.22. The third-order valence-electron chi connectivity index (χ3n) is 6.95. The molecular weight excluding hydrogens is 679 g/mol. The molecule has 0 aliphatic rings. The summed E-state index contributed by atoms with van der Waals surface area (Å²) < 4.78 is 11.0. The summed E-state index contributed by atoms with van der Waals surface area (Å²) >= 11 is 14.8. The van der Waals surface area contributed by atoms with Crippen molar-refractivity contribution >= 4 is 51.1 Å². The zero-order chi connectivity index (χ0) is 33.4. The molecule has 0 aliphatic carbocycles. The fraction of sp³-hybridized carbons (Fsp3) is 0.303. The monoisotopic (exact) mass is 714 g/mol. The third-order valence-corrected chi connectivity index (χ3v) is 9.53. The number of aromatic nitrogens is 2. The minimum absolute atomic E-state index is 0.421. The van der Waals surface area contributed by atoms with Crippen molar-refractivity contribution in [2.24, 2.45) is 5.10 Å². The van der Waals surface area contributed by atoms with Crippen molar-refractivity contribution in [1.29, 1.82) is 0 Å². The summed E-state index contributed by atoms with van der Waals surface area (Å²) in [4.78, 5) is 24.4. The zero-order valence-electron chi connectivity index (χ0n) is 26.1. The number of hydrogen-bond acceptors (Lipinski definition) is 10. The van der Waals surface area contributed by atoms with E-state index in [1.54, 1.807) is 38.7 Å². The lowest BCUT2D eigenvalue weighted by Gasteiger charge is -2.23. The van der Waals surface area contributed by atoms with Crippen LogP contribution < -0.4 is 9.47 Å². The number of nitro groups is 1. The molecule has 0 atom stereocenters. The number of halogens is 2. The van der Waals surface area contributed by atoms with Crippen molar-refractivity contribution < 1.29 is 14.5 Å². The first-order valence-corrected chi connectivity index (χ1v) is 17.4. The molecule has 248 valence electrons. The molecule has 0 fully saturated rings. The van der Waals surface area contributed by atoms with Gasteiger partial charge in [0.2, 0.25) is 4.38 Å². The first-order chi connectivity index (χ1) is 22.8. The summed E-state index contributed by atoms with van der Waals surface area (Å²) in [6.07, 6.45) is 3.54. The number of ether oxygens (including phenoxy) is 2. The van der Waals surface area contributed by atoms with Gasteiger partial charge in [-0.1, -0.05) is 83.1 Å². The first kappa shape index (κ1) is 36.4. The van der Waals surface area contributed by atoms with E-state index in [2.05, 4.69) is 24.9 Å². The Morgan fingerprint density at radius 2 is 1.09 bits per heavy atom. The number of methoxy groups -OCH3 is 2. The van der Waals surface area contributed by atoms with E-state index in [1.807, 2.05) is 60.7 Å². The Labute approximate surface area is 293 Å². The van der Waals surface area contributed by atoms with E-state index in [9.17, 15) is 10.1 Å². The molecule has 14 heteroatoms. The van der Waals surface area contributed by atoms with Crippen molar-refractivity contribution in [2.45, 2.75) is 26.2 Å². The summed E-state index contributed by atoms with van der Waals surface area (Å²) in [6.45, 7) is 3.99. The van der Waals surface area contributed by atoms with Crippen molar-refractivity contribution in [2.75, 3.05) is 38.8 Å². The molecule has 0 saturated carbocycles. The van der Waals surface area contributed by atoms with E-state index < -0.39 is 5.03 Å². The van der Waals surface area contributed by atoms with E-state index in [4.69, 9.17) is 32.7 Å². The predicted molar refractivity (Wildman–Crippen MR) is 192 cm³/mol. The van der Waals surface area contributed by atoms with Crippen LogP contribution in [0, 0.1) is 10.1 Å². The van der Waals surface area contributed by atoms with Gasteiger partial charge in [-0.25, -0.2) is 20.1 Å². The Morgan fingerprint density at radius 1 is 0.702 bits per heavy atom. The van der Waals surface area contributed by atoms with Crippen LogP contribution in [0.4, 0.5) is 0 Å². The van der Waals surface area contributed by atoms with E-state index in [-0.39, 0.29) is 0 Å².